The maximum Gasteiger partial charge on any atom is 0.325 e. The third-order valence-corrected chi connectivity index (χ3v) is 2.14. The second-order valence-corrected chi connectivity index (χ2v) is 3.08. The van der Waals surface area contributed by atoms with Crippen LogP contribution in [0.2, 0.25) is 5.02 Å². The average Bonchev–Trinajstić information content (AvgIpc) is 2.16. The summed E-state index contributed by atoms with van der Waals surface area (Å²) in [7, 11) is 1.43. The Bertz CT molecular complexity index is 354. The number of benzene rings is 1. The van der Waals surface area contributed by atoms with Gasteiger partial charge in [0.25, 0.3) is 0 Å². The van der Waals surface area contributed by atoms with E-state index in [0.717, 1.165) is 0 Å². The fourth-order valence-corrected chi connectivity index (χ4v) is 1.40. The molecule has 1 unspecified atom stereocenters. The summed E-state index contributed by atoms with van der Waals surface area (Å²) in [5.74, 6) is -0.760. The molecule has 0 aromatic heterocycles. The predicted octanol–water partition coefficient (Wildman–Crippen LogP) is 1.43. The lowest BCUT2D eigenvalue weighted by molar-refractivity contribution is -0.138. The van der Waals surface area contributed by atoms with Crippen molar-refractivity contribution in [2.24, 2.45) is 5.73 Å². The normalized spacial score (nSPS) is 12.2. The average molecular weight is 216 g/mol. The molecule has 0 saturated carbocycles. The number of methoxy groups -OCH3 is 1. The van der Waals surface area contributed by atoms with Crippen LogP contribution in [0.4, 0.5) is 0 Å². The second kappa shape index (κ2) is 4.30. The van der Waals surface area contributed by atoms with E-state index in [2.05, 4.69) is 0 Å². The van der Waals surface area contributed by atoms with E-state index in [1.165, 1.54) is 7.11 Å². The third kappa shape index (κ3) is 1.97. The number of ether oxygens (including phenoxy) is 1. The van der Waals surface area contributed by atoms with E-state index in [1.54, 1.807) is 18.2 Å². The molecule has 0 aliphatic heterocycles. The molecule has 1 atom stereocenters. The van der Waals surface area contributed by atoms with Crippen molar-refractivity contribution in [2.45, 2.75) is 6.04 Å². The van der Waals surface area contributed by atoms with E-state index in [1.807, 2.05) is 0 Å². The minimum absolute atomic E-state index is 0.291. The number of hydrogen-bond acceptors (Lipinski definition) is 3. The van der Waals surface area contributed by atoms with E-state index in [9.17, 15) is 4.79 Å². The first-order valence-corrected chi connectivity index (χ1v) is 4.26. The highest BCUT2D eigenvalue weighted by Gasteiger charge is 2.21. The zero-order chi connectivity index (χ0) is 10.7. The summed E-state index contributed by atoms with van der Waals surface area (Å²) in [5.41, 5.74) is 5.75. The summed E-state index contributed by atoms with van der Waals surface area (Å²) in [6, 6.07) is 3.68. The number of carboxylic acids is 1. The Morgan fingerprint density at radius 1 is 1.64 bits per heavy atom. The number of carbonyl (C=O) groups is 1. The molecule has 5 heteroatoms. The van der Waals surface area contributed by atoms with Crippen LogP contribution in [0.1, 0.15) is 11.6 Å². The molecule has 0 bridgehead atoms. The van der Waals surface area contributed by atoms with E-state index in [0.29, 0.717) is 16.3 Å². The first kappa shape index (κ1) is 10.8. The zero-order valence-corrected chi connectivity index (χ0v) is 8.28. The van der Waals surface area contributed by atoms with E-state index < -0.39 is 12.0 Å². The minimum Gasteiger partial charge on any atom is -0.496 e. The van der Waals surface area contributed by atoms with Crippen LogP contribution < -0.4 is 10.5 Å². The molecule has 0 aliphatic rings. The molecule has 0 amide bonds. The standard InChI is InChI=1S/C9H10ClNO3/c1-14-6-4-2-3-5(10)7(6)8(11)9(12)13/h2-4,8H,11H2,1H3,(H,12,13). The van der Waals surface area contributed by atoms with Crippen molar-refractivity contribution in [3.05, 3.63) is 28.8 Å². The molecule has 0 heterocycles. The highest BCUT2D eigenvalue weighted by molar-refractivity contribution is 6.31. The fraction of sp³-hybridized carbons (Fsp3) is 0.222. The van der Waals surface area contributed by atoms with Crippen molar-refractivity contribution in [3.63, 3.8) is 0 Å². The van der Waals surface area contributed by atoms with Gasteiger partial charge in [0.1, 0.15) is 11.8 Å². The topological polar surface area (TPSA) is 72.5 Å². The van der Waals surface area contributed by atoms with Crippen molar-refractivity contribution < 1.29 is 14.6 Å². The molecule has 4 nitrogen and oxygen atoms in total. The van der Waals surface area contributed by atoms with Gasteiger partial charge in [-0.25, -0.2) is 0 Å². The molecule has 14 heavy (non-hydrogen) atoms. The largest absolute Gasteiger partial charge is 0.496 e. The predicted molar refractivity (Wildman–Crippen MR) is 52.6 cm³/mol. The van der Waals surface area contributed by atoms with Gasteiger partial charge in [-0.05, 0) is 12.1 Å². The molecule has 76 valence electrons. The van der Waals surface area contributed by atoms with Gasteiger partial charge in [-0.15, -0.1) is 0 Å². The molecule has 1 rings (SSSR count). The molecule has 0 radical (unpaired) electrons. The quantitative estimate of drug-likeness (QED) is 0.800. The Hall–Kier alpha value is -1.26. The van der Waals surface area contributed by atoms with Gasteiger partial charge in [0.05, 0.1) is 7.11 Å². The lowest BCUT2D eigenvalue weighted by Crippen LogP contribution is -2.21. The van der Waals surface area contributed by atoms with Crippen LogP contribution in [0.25, 0.3) is 0 Å². The lowest BCUT2D eigenvalue weighted by Gasteiger charge is -2.13. The number of aliphatic carboxylic acids is 1. The Kier molecular flexibility index (Phi) is 3.33. The smallest absolute Gasteiger partial charge is 0.325 e. The van der Waals surface area contributed by atoms with Crippen molar-refractivity contribution in [3.8, 4) is 5.75 Å². The maximum absolute atomic E-state index is 10.7. The maximum atomic E-state index is 10.7. The second-order valence-electron chi connectivity index (χ2n) is 2.67. The van der Waals surface area contributed by atoms with Crippen molar-refractivity contribution >= 4 is 17.6 Å². The zero-order valence-electron chi connectivity index (χ0n) is 7.53. The highest BCUT2D eigenvalue weighted by atomic mass is 35.5. The van der Waals surface area contributed by atoms with Gasteiger partial charge in [0.15, 0.2) is 0 Å². The first-order chi connectivity index (χ1) is 6.57. The van der Waals surface area contributed by atoms with Gasteiger partial charge in [0, 0.05) is 10.6 Å². The Morgan fingerprint density at radius 2 is 2.29 bits per heavy atom. The molecule has 0 fully saturated rings. The molecule has 3 N–H and O–H groups in total. The molecule has 0 saturated heterocycles. The fourth-order valence-electron chi connectivity index (χ4n) is 1.12. The number of halogens is 1. The van der Waals surface area contributed by atoms with Crippen LogP contribution in [-0.4, -0.2) is 18.2 Å². The van der Waals surface area contributed by atoms with Crippen LogP contribution in [-0.2, 0) is 4.79 Å². The van der Waals surface area contributed by atoms with Crippen LogP contribution in [0.15, 0.2) is 18.2 Å². The van der Waals surface area contributed by atoms with Crippen LogP contribution >= 0.6 is 11.6 Å². The third-order valence-electron chi connectivity index (χ3n) is 1.81. The van der Waals surface area contributed by atoms with Gasteiger partial charge in [-0.1, -0.05) is 17.7 Å². The van der Waals surface area contributed by atoms with Gasteiger partial charge in [0.2, 0.25) is 0 Å². The molecule has 1 aromatic rings. The molecule has 1 aromatic carbocycles. The summed E-state index contributed by atoms with van der Waals surface area (Å²) in [6.07, 6.45) is 0. The summed E-state index contributed by atoms with van der Waals surface area (Å²) in [6.45, 7) is 0. The Labute approximate surface area is 86.2 Å². The van der Waals surface area contributed by atoms with Gasteiger partial charge in [-0.2, -0.15) is 0 Å². The van der Waals surface area contributed by atoms with E-state index >= 15 is 0 Å². The van der Waals surface area contributed by atoms with Crippen molar-refractivity contribution in [1.29, 1.82) is 0 Å². The lowest BCUT2D eigenvalue weighted by atomic mass is 10.1. The first-order valence-electron chi connectivity index (χ1n) is 3.88. The van der Waals surface area contributed by atoms with Gasteiger partial charge in [-0.3, -0.25) is 4.79 Å². The van der Waals surface area contributed by atoms with E-state index in [-0.39, 0.29) is 0 Å². The summed E-state index contributed by atoms with van der Waals surface area (Å²) < 4.78 is 4.97. The molecular formula is C9H10ClNO3. The monoisotopic (exact) mass is 215 g/mol. The summed E-state index contributed by atoms with van der Waals surface area (Å²) in [5, 5.41) is 9.03. The minimum atomic E-state index is -1.17. The van der Waals surface area contributed by atoms with Crippen molar-refractivity contribution in [1.82, 2.24) is 0 Å². The van der Waals surface area contributed by atoms with Crippen LogP contribution in [0.3, 0.4) is 0 Å². The SMILES string of the molecule is COc1cccc(Cl)c1C(N)C(=O)O. The van der Waals surface area contributed by atoms with Crippen LogP contribution in [0, 0.1) is 0 Å². The number of nitrogens with two attached hydrogens (primary N) is 1. The summed E-state index contributed by atoms with van der Waals surface area (Å²) in [4.78, 5) is 10.7. The number of hydrogen-bond donors (Lipinski definition) is 2. The number of rotatable bonds is 3. The molecule has 0 spiro atoms. The van der Waals surface area contributed by atoms with E-state index in [4.69, 9.17) is 27.2 Å². The Morgan fingerprint density at radius 3 is 2.79 bits per heavy atom. The number of carboxylic acid groups (broad SMARTS) is 1. The van der Waals surface area contributed by atoms with Crippen LogP contribution in [0.5, 0.6) is 5.75 Å². The Balaban J connectivity index is 3.23. The highest BCUT2D eigenvalue weighted by Crippen LogP contribution is 2.30. The van der Waals surface area contributed by atoms with Crippen molar-refractivity contribution in [2.75, 3.05) is 7.11 Å². The van der Waals surface area contributed by atoms with Gasteiger partial charge < -0.3 is 15.6 Å². The van der Waals surface area contributed by atoms with Gasteiger partial charge >= 0.3 is 5.97 Å². The molecular weight excluding hydrogens is 206 g/mol. The molecule has 0 aliphatic carbocycles. The summed E-state index contributed by atoms with van der Waals surface area (Å²) >= 11 is 5.82.